The molecule has 4 nitrogen and oxygen atoms in total. The Labute approximate surface area is 167 Å². The Balaban J connectivity index is 1.74. The number of hydrogen-bond acceptors (Lipinski definition) is 3. The molecule has 0 aliphatic carbocycles. The predicted octanol–water partition coefficient (Wildman–Crippen LogP) is 5.03. The highest BCUT2D eigenvalue weighted by Crippen LogP contribution is 2.23. The van der Waals surface area contributed by atoms with Crippen molar-refractivity contribution in [3.05, 3.63) is 95.4 Å². The molecule has 1 atom stereocenters. The number of rotatable bonds is 8. The molecule has 1 N–H and O–H groups in total. The maximum atomic E-state index is 12.9. The van der Waals surface area contributed by atoms with Crippen LogP contribution in [0.25, 0.3) is 0 Å². The van der Waals surface area contributed by atoms with E-state index in [0.717, 1.165) is 18.7 Å². The molecular weight excluding hydrogens is 348 g/mol. The molecule has 0 fully saturated rings. The fourth-order valence-corrected chi connectivity index (χ4v) is 3.29. The molecule has 28 heavy (non-hydrogen) atoms. The Morgan fingerprint density at radius 1 is 1.00 bits per heavy atom. The van der Waals surface area contributed by atoms with E-state index in [9.17, 15) is 4.79 Å². The summed E-state index contributed by atoms with van der Waals surface area (Å²) in [7, 11) is 0. The van der Waals surface area contributed by atoms with Crippen LogP contribution in [0.3, 0.4) is 0 Å². The zero-order chi connectivity index (χ0) is 19.9. The lowest BCUT2D eigenvalue weighted by Crippen LogP contribution is -2.30. The molecular formula is C24H28N2O2. The highest BCUT2D eigenvalue weighted by atomic mass is 16.3. The Hall–Kier alpha value is -2.85. The number of carbonyl (C=O) groups is 1. The molecule has 1 amide bonds. The lowest BCUT2D eigenvalue weighted by Gasteiger charge is -2.24. The smallest absolute Gasteiger partial charge is 0.252 e. The van der Waals surface area contributed by atoms with Crippen LogP contribution in [0.5, 0.6) is 0 Å². The van der Waals surface area contributed by atoms with Crippen molar-refractivity contribution in [1.82, 2.24) is 10.2 Å². The number of hydrogen-bond donors (Lipinski definition) is 1. The molecule has 4 heteroatoms. The van der Waals surface area contributed by atoms with Gasteiger partial charge in [0.05, 0.1) is 6.26 Å². The van der Waals surface area contributed by atoms with E-state index >= 15 is 0 Å². The van der Waals surface area contributed by atoms with Crippen LogP contribution in [0.15, 0.2) is 77.4 Å². The van der Waals surface area contributed by atoms with Crippen LogP contribution >= 0.6 is 0 Å². The van der Waals surface area contributed by atoms with Gasteiger partial charge in [-0.15, -0.1) is 0 Å². The van der Waals surface area contributed by atoms with Gasteiger partial charge in [-0.2, -0.15) is 0 Å². The Bertz CT molecular complexity index is 855. The number of nitrogens with one attached hydrogen (secondary N) is 1. The summed E-state index contributed by atoms with van der Waals surface area (Å²) in [6.07, 6.45) is 1.63. The number of benzene rings is 2. The van der Waals surface area contributed by atoms with Gasteiger partial charge in [0.1, 0.15) is 11.8 Å². The number of amides is 1. The first-order valence-corrected chi connectivity index (χ1v) is 9.80. The highest BCUT2D eigenvalue weighted by molar-refractivity contribution is 5.94. The van der Waals surface area contributed by atoms with Crippen LogP contribution in [0.2, 0.25) is 0 Å². The summed E-state index contributed by atoms with van der Waals surface area (Å²) >= 11 is 0. The number of carbonyl (C=O) groups excluding carboxylic acids is 1. The number of furan rings is 1. The molecule has 0 bridgehead atoms. The minimum Gasteiger partial charge on any atom is -0.467 e. The quantitative estimate of drug-likeness (QED) is 0.600. The molecule has 0 unspecified atom stereocenters. The fraction of sp³-hybridized carbons (Fsp3) is 0.292. The van der Waals surface area contributed by atoms with Crippen molar-refractivity contribution in [3.8, 4) is 0 Å². The maximum absolute atomic E-state index is 12.9. The van der Waals surface area contributed by atoms with E-state index in [0.29, 0.717) is 17.4 Å². The van der Waals surface area contributed by atoms with Gasteiger partial charge in [-0.3, -0.25) is 9.69 Å². The van der Waals surface area contributed by atoms with Crippen LogP contribution < -0.4 is 5.32 Å². The van der Waals surface area contributed by atoms with Gasteiger partial charge in [-0.05, 0) is 55.8 Å². The molecule has 0 aliphatic heterocycles. The third kappa shape index (κ3) is 4.90. The van der Waals surface area contributed by atoms with E-state index in [4.69, 9.17) is 4.42 Å². The molecule has 1 aromatic heterocycles. The molecule has 2 aromatic carbocycles. The van der Waals surface area contributed by atoms with Crippen LogP contribution in [0.4, 0.5) is 0 Å². The molecule has 1 heterocycles. The third-order valence-corrected chi connectivity index (χ3v) is 4.97. The van der Waals surface area contributed by atoms with Crippen LogP contribution in [0, 0.1) is 0 Å². The van der Waals surface area contributed by atoms with Gasteiger partial charge in [0, 0.05) is 18.2 Å². The summed E-state index contributed by atoms with van der Waals surface area (Å²) in [5.41, 5.74) is 2.83. The van der Waals surface area contributed by atoms with E-state index in [-0.39, 0.29) is 11.9 Å². The summed E-state index contributed by atoms with van der Waals surface area (Å²) in [4.78, 5) is 15.2. The van der Waals surface area contributed by atoms with Gasteiger partial charge in [-0.1, -0.05) is 49.4 Å². The Morgan fingerprint density at radius 3 is 2.29 bits per heavy atom. The van der Waals surface area contributed by atoms with Gasteiger partial charge in [0.25, 0.3) is 5.91 Å². The lowest BCUT2D eigenvalue weighted by molar-refractivity contribution is 0.0939. The van der Waals surface area contributed by atoms with Crippen LogP contribution in [-0.2, 0) is 6.54 Å². The van der Waals surface area contributed by atoms with Gasteiger partial charge < -0.3 is 9.73 Å². The van der Waals surface area contributed by atoms with Gasteiger partial charge in [-0.25, -0.2) is 0 Å². The molecule has 146 valence electrons. The highest BCUT2D eigenvalue weighted by Gasteiger charge is 2.20. The Kier molecular flexibility index (Phi) is 6.66. The lowest BCUT2D eigenvalue weighted by atomic mass is 10.0. The molecule has 0 aliphatic rings. The largest absolute Gasteiger partial charge is 0.467 e. The van der Waals surface area contributed by atoms with Crippen LogP contribution in [0.1, 0.15) is 54.1 Å². The summed E-state index contributed by atoms with van der Waals surface area (Å²) in [5, 5.41) is 3.10. The molecule has 3 aromatic rings. The summed E-state index contributed by atoms with van der Waals surface area (Å²) in [6.45, 7) is 8.45. The second kappa shape index (κ2) is 9.38. The van der Waals surface area contributed by atoms with E-state index in [2.05, 4.69) is 31.0 Å². The summed E-state index contributed by atoms with van der Waals surface area (Å²) in [6, 6.07) is 21.6. The zero-order valence-corrected chi connectivity index (χ0v) is 16.8. The number of nitrogens with zero attached hydrogens (tertiary/aromatic N) is 1. The average Bonchev–Trinajstić information content (AvgIpc) is 3.25. The van der Waals surface area contributed by atoms with Crippen molar-refractivity contribution >= 4 is 5.91 Å². The van der Waals surface area contributed by atoms with Crippen molar-refractivity contribution in [3.63, 3.8) is 0 Å². The van der Waals surface area contributed by atoms with Crippen LogP contribution in [-0.4, -0.2) is 23.4 Å². The summed E-state index contributed by atoms with van der Waals surface area (Å²) in [5.74, 6) is 0.597. The van der Waals surface area contributed by atoms with Gasteiger partial charge >= 0.3 is 0 Å². The first-order chi connectivity index (χ1) is 13.6. The molecule has 0 spiro atoms. The molecule has 3 rings (SSSR count). The summed E-state index contributed by atoms with van der Waals surface area (Å²) < 4.78 is 5.56. The van der Waals surface area contributed by atoms with Crippen molar-refractivity contribution in [2.24, 2.45) is 0 Å². The monoisotopic (exact) mass is 376 g/mol. The molecule has 0 radical (unpaired) electrons. The maximum Gasteiger partial charge on any atom is 0.252 e. The second-order valence-corrected chi connectivity index (χ2v) is 7.19. The average molecular weight is 377 g/mol. The fourth-order valence-electron chi connectivity index (χ4n) is 3.29. The van der Waals surface area contributed by atoms with E-state index in [1.165, 1.54) is 5.56 Å². The standard InChI is InChI=1S/C24H28N2O2/c1-4-26(18(2)3)17-19-12-14-21(15-13-19)24(27)25-23(22-11-8-16-28-22)20-9-6-5-7-10-20/h5-16,18,23H,4,17H2,1-3H3,(H,25,27)/t23-/m0/s1. The van der Waals surface area contributed by atoms with Crippen molar-refractivity contribution in [2.45, 2.75) is 39.4 Å². The first-order valence-electron chi connectivity index (χ1n) is 9.80. The van der Waals surface area contributed by atoms with Gasteiger partial charge in [0.15, 0.2) is 0 Å². The van der Waals surface area contributed by atoms with E-state index in [1.54, 1.807) is 6.26 Å². The molecule has 0 saturated heterocycles. The normalized spacial score (nSPS) is 12.3. The zero-order valence-electron chi connectivity index (χ0n) is 16.8. The van der Waals surface area contributed by atoms with E-state index in [1.807, 2.05) is 66.7 Å². The minimum atomic E-state index is -0.320. The second-order valence-electron chi connectivity index (χ2n) is 7.19. The first kappa shape index (κ1) is 19.9. The Morgan fingerprint density at radius 2 is 1.71 bits per heavy atom. The topological polar surface area (TPSA) is 45.5 Å². The third-order valence-electron chi connectivity index (χ3n) is 4.97. The predicted molar refractivity (Wildman–Crippen MR) is 112 cm³/mol. The van der Waals surface area contributed by atoms with Crippen molar-refractivity contribution in [2.75, 3.05) is 6.54 Å². The van der Waals surface area contributed by atoms with Crippen molar-refractivity contribution in [1.29, 1.82) is 0 Å². The SMILES string of the molecule is CCN(Cc1ccc(C(=O)N[C@@H](c2ccccc2)c2ccco2)cc1)C(C)C. The van der Waals surface area contributed by atoms with Gasteiger partial charge in [0.2, 0.25) is 0 Å². The van der Waals surface area contributed by atoms with Crippen molar-refractivity contribution < 1.29 is 9.21 Å². The minimum absolute atomic E-state index is 0.118. The molecule has 0 saturated carbocycles. The van der Waals surface area contributed by atoms with E-state index < -0.39 is 0 Å².